The van der Waals surface area contributed by atoms with Crippen molar-refractivity contribution in [2.24, 2.45) is 0 Å². The Labute approximate surface area is 94.9 Å². The molecule has 0 aliphatic rings. The van der Waals surface area contributed by atoms with Crippen molar-refractivity contribution in [1.29, 1.82) is 0 Å². The van der Waals surface area contributed by atoms with Gasteiger partial charge in [0.1, 0.15) is 10.6 Å². The van der Waals surface area contributed by atoms with E-state index in [4.69, 9.17) is 22.1 Å². The van der Waals surface area contributed by atoms with Crippen LogP contribution in [0.1, 0.15) is 0 Å². The normalized spacial score (nSPS) is 10.3. The molecular weight excluding hydrogens is 236 g/mol. The van der Waals surface area contributed by atoms with Crippen LogP contribution in [0.15, 0.2) is 11.4 Å². The lowest BCUT2D eigenvalue weighted by atomic mass is 10.4. The molecule has 2 rings (SSSR count). The SMILES string of the molecule is COc1ccsc1-c1nc(N)nc(Cl)n1. The summed E-state index contributed by atoms with van der Waals surface area (Å²) in [5.41, 5.74) is 5.47. The molecule has 0 aliphatic heterocycles. The molecule has 0 fully saturated rings. The first-order valence-electron chi connectivity index (χ1n) is 3.99. The smallest absolute Gasteiger partial charge is 0.227 e. The number of aromatic nitrogens is 3. The molecule has 15 heavy (non-hydrogen) atoms. The lowest BCUT2D eigenvalue weighted by Crippen LogP contribution is -1.99. The Balaban J connectivity index is 2.53. The second-order valence-corrected chi connectivity index (χ2v) is 3.86. The fourth-order valence-corrected chi connectivity index (χ4v) is 2.05. The summed E-state index contributed by atoms with van der Waals surface area (Å²) in [6.45, 7) is 0. The maximum absolute atomic E-state index is 5.68. The van der Waals surface area contributed by atoms with Crippen molar-refractivity contribution in [3.63, 3.8) is 0 Å². The van der Waals surface area contributed by atoms with E-state index in [1.807, 2.05) is 11.4 Å². The van der Waals surface area contributed by atoms with Crippen LogP contribution >= 0.6 is 22.9 Å². The molecule has 0 amide bonds. The molecule has 0 unspecified atom stereocenters. The molecule has 0 saturated carbocycles. The maximum atomic E-state index is 5.68. The highest BCUT2D eigenvalue weighted by atomic mass is 35.5. The summed E-state index contributed by atoms with van der Waals surface area (Å²) in [7, 11) is 1.58. The van der Waals surface area contributed by atoms with Crippen molar-refractivity contribution < 1.29 is 4.74 Å². The number of halogens is 1. The highest BCUT2D eigenvalue weighted by Crippen LogP contribution is 2.33. The Morgan fingerprint density at radius 3 is 2.87 bits per heavy atom. The molecule has 2 aromatic heterocycles. The van der Waals surface area contributed by atoms with E-state index in [-0.39, 0.29) is 11.2 Å². The van der Waals surface area contributed by atoms with E-state index in [1.165, 1.54) is 11.3 Å². The lowest BCUT2D eigenvalue weighted by molar-refractivity contribution is 0.418. The van der Waals surface area contributed by atoms with Crippen molar-refractivity contribution in [3.8, 4) is 16.5 Å². The first-order valence-corrected chi connectivity index (χ1v) is 5.25. The number of rotatable bonds is 2. The molecule has 0 radical (unpaired) electrons. The summed E-state index contributed by atoms with van der Waals surface area (Å²) in [6.07, 6.45) is 0. The van der Waals surface area contributed by atoms with E-state index >= 15 is 0 Å². The molecule has 0 atom stereocenters. The summed E-state index contributed by atoms with van der Waals surface area (Å²) in [5.74, 6) is 1.22. The van der Waals surface area contributed by atoms with Crippen molar-refractivity contribution in [1.82, 2.24) is 15.0 Å². The minimum atomic E-state index is 0.0768. The highest BCUT2D eigenvalue weighted by Gasteiger charge is 2.12. The van der Waals surface area contributed by atoms with Gasteiger partial charge in [-0.25, -0.2) is 0 Å². The quantitative estimate of drug-likeness (QED) is 0.870. The van der Waals surface area contributed by atoms with Crippen LogP contribution in [0, 0.1) is 0 Å². The van der Waals surface area contributed by atoms with E-state index in [0.29, 0.717) is 11.6 Å². The van der Waals surface area contributed by atoms with Crippen LogP contribution in [-0.4, -0.2) is 22.1 Å². The van der Waals surface area contributed by atoms with Gasteiger partial charge in [-0.05, 0) is 23.0 Å². The molecule has 0 bridgehead atoms. The minimum absolute atomic E-state index is 0.0768. The van der Waals surface area contributed by atoms with Gasteiger partial charge in [-0.2, -0.15) is 15.0 Å². The summed E-state index contributed by atoms with van der Waals surface area (Å²) < 4.78 is 5.15. The van der Waals surface area contributed by atoms with Gasteiger partial charge in [0.05, 0.1) is 7.11 Å². The van der Waals surface area contributed by atoms with Gasteiger partial charge in [-0.1, -0.05) is 0 Å². The number of hydrogen-bond acceptors (Lipinski definition) is 6. The highest BCUT2D eigenvalue weighted by molar-refractivity contribution is 7.13. The molecule has 2 aromatic rings. The average Bonchev–Trinajstić information content (AvgIpc) is 2.63. The van der Waals surface area contributed by atoms with Crippen molar-refractivity contribution in [3.05, 3.63) is 16.7 Å². The molecule has 7 heteroatoms. The summed E-state index contributed by atoms with van der Waals surface area (Å²) in [6, 6.07) is 1.83. The molecule has 0 saturated heterocycles. The first kappa shape index (κ1) is 10.1. The molecule has 78 valence electrons. The van der Waals surface area contributed by atoms with Crippen LogP contribution < -0.4 is 10.5 Å². The maximum Gasteiger partial charge on any atom is 0.227 e. The zero-order valence-corrected chi connectivity index (χ0v) is 9.34. The summed E-state index contributed by atoms with van der Waals surface area (Å²) >= 11 is 7.14. The van der Waals surface area contributed by atoms with E-state index < -0.39 is 0 Å². The number of anilines is 1. The van der Waals surface area contributed by atoms with Gasteiger partial charge in [0, 0.05) is 0 Å². The summed E-state index contributed by atoms with van der Waals surface area (Å²) in [5, 5.41) is 1.95. The Kier molecular flexibility index (Phi) is 2.70. The molecule has 5 nitrogen and oxygen atoms in total. The second-order valence-electron chi connectivity index (χ2n) is 2.60. The summed E-state index contributed by atoms with van der Waals surface area (Å²) in [4.78, 5) is 12.4. The number of methoxy groups -OCH3 is 1. The molecule has 0 aromatic carbocycles. The average molecular weight is 243 g/mol. The Hall–Kier alpha value is -1.40. The zero-order chi connectivity index (χ0) is 10.8. The van der Waals surface area contributed by atoms with Crippen LogP contribution in [0.5, 0.6) is 5.75 Å². The predicted molar refractivity (Wildman–Crippen MR) is 59.1 cm³/mol. The van der Waals surface area contributed by atoms with Gasteiger partial charge in [0.2, 0.25) is 11.2 Å². The third-order valence-electron chi connectivity index (χ3n) is 1.68. The van der Waals surface area contributed by atoms with Gasteiger partial charge in [0.25, 0.3) is 0 Å². The minimum Gasteiger partial charge on any atom is -0.495 e. The topological polar surface area (TPSA) is 73.9 Å². The Morgan fingerprint density at radius 2 is 2.20 bits per heavy atom. The fourth-order valence-electron chi connectivity index (χ4n) is 1.09. The number of nitrogens with two attached hydrogens (primary N) is 1. The number of thiophene rings is 1. The van der Waals surface area contributed by atoms with Gasteiger partial charge in [-0.15, -0.1) is 11.3 Å². The van der Waals surface area contributed by atoms with Crippen LogP contribution in [0.2, 0.25) is 5.28 Å². The Bertz CT molecular complexity index is 467. The molecule has 0 spiro atoms. The lowest BCUT2D eigenvalue weighted by Gasteiger charge is -2.01. The standard InChI is InChI=1S/C8H7ClN4OS/c1-14-4-2-3-15-5(4)6-11-7(9)13-8(10)12-6/h2-3H,1H3,(H2,10,11,12,13). The van der Waals surface area contributed by atoms with Gasteiger partial charge >= 0.3 is 0 Å². The first-order chi connectivity index (χ1) is 7.20. The molecule has 0 aliphatic carbocycles. The number of ether oxygens (including phenoxy) is 1. The van der Waals surface area contributed by atoms with E-state index in [2.05, 4.69) is 15.0 Å². The van der Waals surface area contributed by atoms with Crippen LogP contribution in [0.3, 0.4) is 0 Å². The molecule has 2 N–H and O–H groups in total. The van der Waals surface area contributed by atoms with Crippen LogP contribution in [0.4, 0.5) is 5.95 Å². The number of hydrogen-bond donors (Lipinski definition) is 1. The number of nitrogen functional groups attached to an aromatic ring is 1. The third kappa shape index (κ3) is 2.00. The van der Waals surface area contributed by atoms with Gasteiger partial charge in [-0.3, -0.25) is 0 Å². The van der Waals surface area contributed by atoms with Crippen molar-refractivity contribution in [2.75, 3.05) is 12.8 Å². The van der Waals surface area contributed by atoms with Crippen molar-refractivity contribution in [2.45, 2.75) is 0 Å². The van der Waals surface area contributed by atoms with Crippen LogP contribution in [0.25, 0.3) is 10.7 Å². The van der Waals surface area contributed by atoms with E-state index in [0.717, 1.165) is 4.88 Å². The molecular formula is C8H7ClN4OS. The number of nitrogens with zero attached hydrogens (tertiary/aromatic N) is 3. The Morgan fingerprint density at radius 1 is 1.40 bits per heavy atom. The predicted octanol–water partition coefficient (Wildman–Crippen LogP) is 1.84. The third-order valence-corrected chi connectivity index (χ3v) is 2.74. The largest absolute Gasteiger partial charge is 0.495 e. The fraction of sp³-hybridized carbons (Fsp3) is 0.125. The van der Waals surface area contributed by atoms with Crippen molar-refractivity contribution >= 4 is 28.9 Å². The second kappa shape index (κ2) is 4.00. The van der Waals surface area contributed by atoms with E-state index in [9.17, 15) is 0 Å². The van der Waals surface area contributed by atoms with Gasteiger partial charge < -0.3 is 10.5 Å². The molecule has 2 heterocycles. The van der Waals surface area contributed by atoms with Gasteiger partial charge in [0.15, 0.2) is 5.82 Å². The van der Waals surface area contributed by atoms with E-state index in [1.54, 1.807) is 7.11 Å². The zero-order valence-electron chi connectivity index (χ0n) is 7.77. The van der Waals surface area contributed by atoms with Crippen LogP contribution in [-0.2, 0) is 0 Å². The monoisotopic (exact) mass is 242 g/mol.